The average molecular weight is 469 g/mol. The minimum Gasteiger partial charge on any atom is -0.464 e. The number of carbonyl (C=O) groups is 1. The van der Waals surface area contributed by atoms with Gasteiger partial charge in [0.25, 0.3) is 0 Å². The number of carbonyl (C=O) groups excluding carboxylic acids is 1. The first kappa shape index (κ1) is 20.8. The number of hydrogen-bond donors (Lipinski definition) is 2. The minimum absolute atomic E-state index is 0.0171. The summed E-state index contributed by atoms with van der Waals surface area (Å²) in [6.45, 7) is 0. The summed E-state index contributed by atoms with van der Waals surface area (Å²) in [5, 5.41) is 8.09. The Morgan fingerprint density at radius 1 is 0.824 bits per heavy atom. The molecular formula is C28H21ClN2O3. The van der Waals surface area contributed by atoms with E-state index in [0.29, 0.717) is 40.0 Å². The van der Waals surface area contributed by atoms with E-state index in [2.05, 4.69) is 10.6 Å². The van der Waals surface area contributed by atoms with Crippen LogP contribution in [0.25, 0.3) is 11.0 Å². The van der Waals surface area contributed by atoms with Crippen molar-refractivity contribution in [1.29, 1.82) is 0 Å². The lowest BCUT2D eigenvalue weighted by atomic mass is 9.78. The number of nitrogens with one attached hydrogen (secondary N) is 2. The fraction of sp³-hybridized carbons (Fsp3) is 0.143. The van der Waals surface area contributed by atoms with Crippen molar-refractivity contribution in [1.82, 2.24) is 0 Å². The molecule has 0 bridgehead atoms. The summed E-state index contributed by atoms with van der Waals surface area (Å²) in [6.07, 6.45) is 2.41. The van der Waals surface area contributed by atoms with Gasteiger partial charge in [-0.25, -0.2) is 0 Å². The molecule has 2 atom stereocenters. The molecule has 0 unspecified atom stereocenters. The summed E-state index contributed by atoms with van der Waals surface area (Å²) in [4.78, 5) is 27.2. The molecule has 6 rings (SSSR count). The Balaban J connectivity index is 1.53. The number of anilines is 2. The summed E-state index contributed by atoms with van der Waals surface area (Å²) in [7, 11) is 0. The fourth-order valence-electron chi connectivity index (χ4n) is 5.04. The molecule has 1 aliphatic heterocycles. The van der Waals surface area contributed by atoms with Crippen LogP contribution in [0.4, 0.5) is 11.4 Å². The molecule has 4 aromatic rings. The topological polar surface area (TPSA) is 71.3 Å². The molecule has 3 aromatic carbocycles. The maximum atomic E-state index is 13.7. The molecule has 0 fully saturated rings. The Labute approximate surface area is 201 Å². The molecule has 0 saturated carbocycles. The first-order chi connectivity index (χ1) is 16.6. The van der Waals surface area contributed by atoms with Crippen LogP contribution in [-0.4, -0.2) is 5.78 Å². The van der Waals surface area contributed by atoms with Gasteiger partial charge in [0.15, 0.2) is 11.2 Å². The zero-order chi connectivity index (χ0) is 23.2. The lowest BCUT2D eigenvalue weighted by Crippen LogP contribution is -2.29. The Morgan fingerprint density at radius 2 is 1.56 bits per heavy atom. The second kappa shape index (κ2) is 8.19. The largest absolute Gasteiger partial charge is 0.464 e. The highest BCUT2D eigenvalue weighted by Gasteiger charge is 2.37. The minimum atomic E-state index is -0.633. The van der Waals surface area contributed by atoms with Gasteiger partial charge in [-0.05, 0) is 48.2 Å². The van der Waals surface area contributed by atoms with Crippen LogP contribution >= 0.6 is 11.6 Å². The number of allylic oxidation sites excluding steroid dienone is 1. The number of rotatable bonds is 2. The molecule has 0 radical (unpaired) electrons. The van der Waals surface area contributed by atoms with Gasteiger partial charge in [0.2, 0.25) is 0 Å². The molecule has 168 valence electrons. The SMILES string of the molecule is O=C1C[C@H](c2ccccc2Cl)CC2=C1[C@@H](c1coc3ccccc3c1=O)Nc1ccccc1N2. The zero-order valence-corrected chi connectivity index (χ0v) is 18.9. The summed E-state index contributed by atoms with van der Waals surface area (Å²) in [5.74, 6) is -0.0668. The number of halogens is 1. The first-order valence-electron chi connectivity index (χ1n) is 11.2. The molecule has 0 saturated heterocycles. The predicted molar refractivity (Wildman–Crippen MR) is 134 cm³/mol. The normalized spacial score (nSPS) is 19.6. The van der Waals surface area contributed by atoms with E-state index in [9.17, 15) is 9.59 Å². The Morgan fingerprint density at radius 3 is 2.41 bits per heavy atom. The monoisotopic (exact) mass is 468 g/mol. The van der Waals surface area contributed by atoms with E-state index in [4.69, 9.17) is 16.0 Å². The third kappa shape index (κ3) is 3.40. The van der Waals surface area contributed by atoms with E-state index in [1.165, 1.54) is 6.26 Å². The van der Waals surface area contributed by atoms with Crippen LogP contribution in [-0.2, 0) is 4.79 Å². The van der Waals surface area contributed by atoms with E-state index in [1.54, 1.807) is 12.1 Å². The van der Waals surface area contributed by atoms with Crippen molar-refractivity contribution in [2.24, 2.45) is 0 Å². The number of Topliss-reactive ketones (excluding diaryl/α,β-unsaturated/α-hetero) is 1. The van der Waals surface area contributed by atoms with Crippen LogP contribution in [0.1, 0.15) is 35.9 Å². The third-order valence-electron chi connectivity index (χ3n) is 6.67. The molecule has 0 spiro atoms. The van der Waals surface area contributed by atoms with Gasteiger partial charge in [-0.2, -0.15) is 0 Å². The second-order valence-electron chi connectivity index (χ2n) is 8.71. The number of ketones is 1. The van der Waals surface area contributed by atoms with Crippen molar-refractivity contribution < 1.29 is 9.21 Å². The molecule has 2 heterocycles. The van der Waals surface area contributed by atoms with Crippen LogP contribution < -0.4 is 16.1 Å². The smallest absolute Gasteiger partial charge is 0.198 e. The van der Waals surface area contributed by atoms with E-state index in [-0.39, 0.29) is 17.1 Å². The second-order valence-corrected chi connectivity index (χ2v) is 9.11. The fourth-order valence-corrected chi connectivity index (χ4v) is 5.33. The van der Waals surface area contributed by atoms with Gasteiger partial charge in [-0.1, -0.05) is 54.1 Å². The lowest BCUT2D eigenvalue weighted by molar-refractivity contribution is -0.116. The van der Waals surface area contributed by atoms with Gasteiger partial charge in [0.1, 0.15) is 11.8 Å². The van der Waals surface area contributed by atoms with Crippen molar-refractivity contribution in [3.63, 3.8) is 0 Å². The Bertz CT molecular complexity index is 1540. The number of benzene rings is 3. The lowest BCUT2D eigenvalue weighted by Gasteiger charge is -2.30. The number of hydrogen-bond acceptors (Lipinski definition) is 5. The van der Waals surface area contributed by atoms with E-state index < -0.39 is 6.04 Å². The predicted octanol–water partition coefficient (Wildman–Crippen LogP) is 6.43. The highest BCUT2D eigenvalue weighted by atomic mass is 35.5. The van der Waals surface area contributed by atoms with E-state index in [0.717, 1.165) is 22.6 Å². The van der Waals surface area contributed by atoms with Crippen LogP contribution in [0, 0.1) is 0 Å². The van der Waals surface area contributed by atoms with Gasteiger partial charge in [0, 0.05) is 22.7 Å². The number of fused-ring (bicyclic) bond motifs is 2. The molecule has 2 aliphatic rings. The van der Waals surface area contributed by atoms with Crippen molar-refractivity contribution in [2.45, 2.75) is 24.8 Å². The van der Waals surface area contributed by atoms with Crippen molar-refractivity contribution in [3.05, 3.63) is 117 Å². The molecule has 1 aliphatic carbocycles. The summed E-state index contributed by atoms with van der Waals surface area (Å²) >= 11 is 6.48. The maximum Gasteiger partial charge on any atom is 0.198 e. The van der Waals surface area contributed by atoms with Crippen LogP contribution in [0.15, 0.2) is 99.5 Å². The van der Waals surface area contributed by atoms with Crippen molar-refractivity contribution in [2.75, 3.05) is 10.6 Å². The molecule has 5 nitrogen and oxygen atoms in total. The summed E-state index contributed by atoms with van der Waals surface area (Å²) < 4.78 is 5.82. The van der Waals surface area contributed by atoms with Crippen LogP contribution in [0.5, 0.6) is 0 Å². The molecule has 2 N–H and O–H groups in total. The Hall–Kier alpha value is -3.83. The number of para-hydroxylation sites is 3. The van der Waals surface area contributed by atoms with Gasteiger partial charge in [-0.3, -0.25) is 9.59 Å². The Kier molecular flexibility index (Phi) is 5.00. The first-order valence-corrected chi connectivity index (χ1v) is 11.6. The quantitative estimate of drug-likeness (QED) is 0.355. The highest BCUT2D eigenvalue weighted by Crippen LogP contribution is 2.44. The van der Waals surface area contributed by atoms with E-state index >= 15 is 0 Å². The molecule has 1 aromatic heterocycles. The highest BCUT2D eigenvalue weighted by molar-refractivity contribution is 6.31. The molecule has 6 heteroatoms. The summed E-state index contributed by atoms with van der Waals surface area (Å²) in [5.41, 5.74) is 4.79. The van der Waals surface area contributed by atoms with Gasteiger partial charge in [-0.15, -0.1) is 0 Å². The average Bonchev–Trinajstić information content (AvgIpc) is 3.01. The van der Waals surface area contributed by atoms with Crippen molar-refractivity contribution >= 4 is 39.7 Å². The van der Waals surface area contributed by atoms with Gasteiger partial charge < -0.3 is 15.1 Å². The van der Waals surface area contributed by atoms with Gasteiger partial charge in [0.05, 0.1) is 28.4 Å². The standard InChI is InChI=1S/C28H21ClN2O3/c29-20-9-3-1-7-17(20)16-13-23-26(24(32)14-16)27(31-22-11-5-4-10-21(22)30-23)19-15-34-25-12-6-2-8-18(25)28(19)33/h1-12,15-16,27,30-31H,13-14H2/t16-,27-/m1/s1. The third-order valence-corrected chi connectivity index (χ3v) is 7.02. The van der Waals surface area contributed by atoms with Crippen LogP contribution in [0.3, 0.4) is 0 Å². The molecular weight excluding hydrogens is 448 g/mol. The van der Waals surface area contributed by atoms with Crippen LogP contribution in [0.2, 0.25) is 5.02 Å². The molecule has 0 amide bonds. The van der Waals surface area contributed by atoms with E-state index in [1.807, 2.05) is 60.7 Å². The summed E-state index contributed by atoms with van der Waals surface area (Å²) in [6, 6.07) is 21.9. The molecule has 34 heavy (non-hydrogen) atoms. The van der Waals surface area contributed by atoms with Gasteiger partial charge >= 0.3 is 0 Å². The maximum absolute atomic E-state index is 13.7. The zero-order valence-electron chi connectivity index (χ0n) is 18.2. The van der Waals surface area contributed by atoms with Crippen molar-refractivity contribution in [3.8, 4) is 0 Å².